The summed E-state index contributed by atoms with van der Waals surface area (Å²) in [5.74, 6) is -1.51. The minimum absolute atomic E-state index is 0.102. The minimum atomic E-state index is -1.35. The van der Waals surface area contributed by atoms with E-state index < -0.39 is 23.4 Å². The van der Waals surface area contributed by atoms with Crippen molar-refractivity contribution in [3.05, 3.63) is 35.4 Å². The van der Waals surface area contributed by atoms with Crippen LogP contribution in [0.2, 0.25) is 0 Å². The average Bonchev–Trinajstić information content (AvgIpc) is 2.87. The number of carbonyl (C=O) groups excluding carboxylic acids is 4. The van der Waals surface area contributed by atoms with E-state index in [4.69, 9.17) is 5.73 Å². The Morgan fingerprint density at radius 2 is 1.96 bits per heavy atom. The first-order valence-electron chi connectivity index (χ1n) is 9.15. The van der Waals surface area contributed by atoms with E-state index >= 15 is 0 Å². The van der Waals surface area contributed by atoms with Gasteiger partial charge in [-0.2, -0.15) is 0 Å². The zero-order valence-electron chi connectivity index (χ0n) is 15.3. The molecule has 144 valence electrons. The van der Waals surface area contributed by atoms with Crippen LogP contribution in [0.1, 0.15) is 54.9 Å². The molecule has 4 N–H and O–H groups in total. The second-order valence-electron chi connectivity index (χ2n) is 7.29. The maximum atomic E-state index is 12.9. The third-order valence-electron chi connectivity index (χ3n) is 5.27. The second kappa shape index (κ2) is 7.38. The Balaban J connectivity index is 1.73. The summed E-state index contributed by atoms with van der Waals surface area (Å²) in [5, 5.41) is 5.53. The summed E-state index contributed by atoms with van der Waals surface area (Å²) >= 11 is 0. The van der Waals surface area contributed by atoms with E-state index in [1.807, 2.05) is 0 Å². The van der Waals surface area contributed by atoms with Gasteiger partial charge in [0.25, 0.3) is 5.91 Å². The van der Waals surface area contributed by atoms with Gasteiger partial charge in [-0.25, -0.2) is 4.79 Å². The third kappa shape index (κ3) is 3.79. The Kier molecular flexibility index (Phi) is 5.16. The molecule has 0 aromatic heterocycles. The molecule has 1 saturated heterocycles. The van der Waals surface area contributed by atoms with Crippen LogP contribution in [-0.2, 0) is 15.1 Å². The van der Waals surface area contributed by atoms with Crippen molar-refractivity contribution in [3.8, 4) is 0 Å². The van der Waals surface area contributed by atoms with Gasteiger partial charge in [0.2, 0.25) is 11.8 Å². The van der Waals surface area contributed by atoms with Gasteiger partial charge in [0, 0.05) is 11.6 Å². The maximum absolute atomic E-state index is 12.9. The number of benzene rings is 1. The monoisotopic (exact) mass is 372 g/mol. The van der Waals surface area contributed by atoms with E-state index in [9.17, 15) is 19.2 Å². The molecule has 8 nitrogen and oxygen atoms in total. The number of nitrogens with zero attached hydrogens (tertiary/aromatic N) is 1. The van der Waals surface area contributed by atoms with Crippen molar-refractivity contribution in [3.63, 3.8) is 0 Å². The van der Waals surface area contributed by atoms with E-state index in [-0.39, 0.29) is 24.1 Å². The molecule has 0 radical (unpaired) electrons. The van der Waals surface area contributed by atoms with Crippen LogP contribution in [0.4, 0.5) is 4.79 Å². The lowest BCUT2D eigenvalue weighted by molar-refractivity contribution is -0.135. The van der Waals surface area contributed by atoms with Gasteiger partial charge in [0.15, 0.2) is 0 Å². The van der Waals surface area contributed by atoms with Crippen molar-refractivity contribution in [2.45, 2.75) is 50.6 Å². The molecule has 1 aliphatic carbocycles. The fourth-order valence-electron chi connectivity index (χ4n) is 3.68. The highest BCUT2D eigenvalue weighted by Crippen LogP contribution is 2.29. The molecule has 1 heterocycles. The predicted octanol–water partition coefficient (Wildman–Crippen LogP) is 1.00. The summed E-state index contributed by atoms with van der Waals surface area (Å²) in [4.78, 5) is 49.9. The maximum Gasteiger partial charge on any atom is 0.325 e. The molecule has 8 heteroatoms. The molecule has 0 bridgehead atoms. The molecule has 27 heavy (non-hydrogen) atoms. The number of hydrogen-bond acceptors (Lipinski definition) is 4. The van der Waals surface area contributed by atoms with Gasteiger partial charge in [-0.15, -0.1) is 0 Å². The molecule has 1 atom stereocenters. The van der Waals surface area contributed by atoms with Gasteiger partial charge < -0.3 is 16.4 Å². The number of nitrogens with two attached hydrogens (primary N) is 1. The molecule has 1 aromatic carbocycles. The Hall–Kier alpha value is -2.90. The first-order valence-corrected chi connectivity index (χ1v) is 9.15. The van der Waals surface area contributed by atoms with Crippen molar-refractivity contribution in [1.29, 1.82) is 0 Å². The standard InChI is InChI=1S/C19H24N4O4/c1-19(13-7-5-6-12(10-13)16(20)25)17(26)23(18(27)22-19)11-15(24)21-14-8-3-2-4-9-14/h5-7,10,14H,2-4,8-9,11H2,1H3,(H2,20,25)(H,21,24)(H,22,27). The quantitative estimate of drug-likeness (QED) is 0.668. The number of hydrogen-bond donors (Lipinski definition) is 3. The van der Waals surface area contributed by atoms with E-state index in [0.29, 0.717) is 5.56 Å². The number of amides is 5. The lowest BCUT2D eigenvalue weighted by Crippen LogP contribution is -2.46. The first kappa shape index (κ1) is 18.9. The van der Waals surface area contributed by atoms with Crippen molar-refractivity contribution in [2.75, 3.05) is 6.54 Å². The fraction of sp³-hybridized carbons (Fsp3) is 0.474. The van der Waals surface area contributed by atoms with E-state index in [1.165, 1.54) is 18.6 Å². The van der Waals surface area contributed by atoms with E-state index in [2.05, 4.69) is 10.6 Å². The third-order valence-corrected chi connectivity index (χ3v) is 5.27. The highest BCUT2D eigenvalue weighted by atomic mass is 16.2. The summed E-state index contributed by atoms with van der Waals surface area (Å²) in [7, 11) is 0. The summed E-state index contributed by atoms with van der Waals surface area (Å²) in [6.45, 7) is 1.22. The molecule has 3 rings (SSSR count). The molecule has 1 aromatic rings. The summed E-state index contributed by atoms with van der Waals surface area (Å²) in [5.41, 5.74) is 4.62. The van der Waals surface area contributed by atoms with Crippen LogP contribution in [0, 0.1) is 0 Å². The molecule has 1 saturated carbocycles. The van der Waals surface area contributed by atoms with Crippen LogP contribution in [0.3, 0.4) is 0 Å². The number of primary amides is 1. The molecule has 0 spiro atoms. The van der Waals surface area contributed by atoms with Crippen molar-refractivity contribution >= 4 is 23.8 Å². The second-order valence-corrected chi connectivity index (χ2v) is 7.29. The Labute approximate surface area is 157 Å². The Bertz CT molecular complexity index is 788. The largest absolute Gasteiger partial charge is 0.366 e. The topological polar surface area (TPSA) is 122 Å². The first-order chi connectivity index (χ1) is 12.8. The Morgan fingerprint density at radius 3 is 2.63 bits per heavy atom. The van der Waals surface area contributed by atoms with Crippen LogP contribution in [0.5, 0.6) is 0 Å². The molecular weight excluding hydrogens is 348 g/mol. The van der Waals surface area contributed by atoms with Gasteiger partial charge in [0.05, 0.1) is 0 Å². The van der Waals surface area contributed by atoms with E-state index in [0.717, 1.165) is 30.6 Å². The minimum Gasteiger partial charge on any atom is -0.366 e. The molecule has 5 amide bonds. The van der Waals surface area contributed by atoms with Gasteiger partial charge in [0.1, 0.15) is 12.1 Å². The number of nitrogens with one attached hydrogen (secondary N) is 2. The fourth-order valence-corrected chi connectivity index (χ4v) is 3.68. The summed E-state index contributed by atoms with van der Waals surface area (Å²) in [6, 6.07) is 5.71. The van der Waals surface area contributed by atoms with Gasteiger partial charge in [-0.3, -0.25) is 19.3 Å². The van der Waals surface area contributed by atoms with Crippen LogP contribution in [-0.4, -0.2) is 41.2 Å². The predicted molar refractivity (Wildman–Crippen MR) is 97.6 cm³/mol. The van der Waals surface area contributed by atoms with Gasteiger partial charge in [-0.1, -0.05) is 31.4 Å². The SMILES string of the molecule is CC1(c2cccc(C(N)=O)c2)NC(=O)N(CC(=O)NC2CCCCC2)C1=O. The smallest absolute Gasteiger partial charge is 0.325 e. The average molecular weight is 372 g/mol. The Morgan fingerprint density at radius 1 is 1.26 bits per heavy atom. The normalized spacial score (nSPS) is 23.2. The van der Waals surface area contributed by atoms with Gasteiger partial charge in [-0.05, 0) is 37.5 Å². The van der Waals surface area contributed by atoms with Crippen LogP contribution < -0.4 is 16.4 Å². The molecule has 1 unspecified atom stereocenters. The number of carbonyl (C=O) groups is 4. The van der Waals surface area contributed by atoms with Crippen LogP contribution >= 0.6 is 0 Å². The highest BCUT2D eigenvalue weighted by Gasteiger charge is 2.49. The number of urea groups is 1. The summed E-state index contributed by atoms with van der Waals surface area (Å²) in [6.07, 6.45) is 5.15. The zero-order valence-corrected chi connectivity index (χ0v) is 15.3. The molecule has 2 aliphatic rings. The van der Waals surface area contributed by atoms with Crippen LogP contribution in [0.25, 0.3) is 0 Å². The number of imide groups is 1. The van der Waals surface area contributed by atoms with Crippen LogP contribution in [0.15, 0.2) is 24.3 Å². The number of rotatable bonds is 5. The van der Waals surface area contributed by atoms with Gasteiger partial charge >= 0.3 is 6.03 Å². The highest BCUT2D eigenvalue weighted by molar-refractivity contribution is 6.09. The summed E-state index contributed by atoms with van der Waals surface area (Å²) < 4.78 is 0. The van der Waals surface area contributed by atoms with E-state index in [1.54, 1.807) is 19.1 Å². The molecular formula is C19H24N4O4. The van der Waals surface area contributed by atoms with Crippen molar-refractivity contribution in [1.82, 2.24) is 15.5 Å². The lowest BCUT2D eigenvalue weighted by Gasteiger charge is -2.24. The van der Waals surface area contributed by atoms with Crippen molar-refractivity contribution in [2.24, 2.45) is 5.73 Å². The molecule has 1 aliphatic heterocycles. The zero-order chi connectivity index (χ0) is 19.6. The lowest BCUT2D eigenvalue weighted by atomic mass is 9.90. The van der Waals surface area contributed by atoms with Crippen molar-refractivity contribution < 1.29 is 19.2 Å². The molecule has 2 fully saturated rings.